The lowest BCUT2D eigenvalue weighted by atomic mass is 9.97. The number of hydrogen-bond donors (Lipinski definition) is 2. The molecule has 0 fully saturated rings. The van der Waals surface area contributed by atoms with E-state index in [2.05, 4.69) is 30.9 Å². The number of aromatic amines is 1. The van der Waals surface area contributed by atoms with Crippen molar-refractivity contribution in [2.75, 3.05) is 6.61 Å². The third-order valence-electron chi connectivity index (χ3n) is 5.69. The average Bonchev–Trinajstić information content (AvgIpc) is 3.45. The van der Waals surface area contributed by atoms with Gasteiger partial charge in [-0.3, -0.25) is 4.79 Å². The minimum Gasteiger partial charge on any atom is -0.466 e. The van der Waals surface area contributed by atoms with Gasteiger partial charge in [-0.1, -0.05) is 36.4 Å². The molecule has 1 unspecified atom stereocenters. The van der Waals surface area contributed by atoms with E-state index in [4.69, 9.17) is 14.2 Å². The highest BCUT2D eigenvalue weighted by Gasteiger charge is 2.24. The van der Waals surface area contributed by atoms with Crippen LogP contribution >= 0.6 is 0 Å². The highest BCUT2D eigenvalue weighted by atomic mass is 19.1. The summed E-state index contributed by atoms with van der Waals surface area (Å²) in [4.78, 5) is 29.2. The number of amides is 1. The molecular formula is C29H31FN6O5. The van der Waals surface area contributed by atoms with E-state index in [1.54, 1.807) is 33.8 Å². The molecule has 2 aromatic carbocycles. The number of hydrogen-bond acceptors (Lipinski definition) is 9. The molecule has 4 aromatic rings. The minimum absolute atomic E-state index is 0.117. The van der Waals surface area contributed by atoms with Crippen molar-refractivity contribution in [3.8, 4) is 34.1 Å². The van der Waals surface area contributed by atoms with Crippen molar-refractivity contribution in [2.45, 2.75) is 52.2 Å². The Morgan fingerprint density at radius 1 is 1.05 bits per heavy atom. The summed E-state index contributed by atoms with van der Waals surface area (Å²) in [7, 11) is 0. The number of nitrogens with one attached hydrogen (secondary N) is 2. The standard InChI is InChI=1S/C29H31FN6O5/c1-5-39-25(37)16-22(32-28(38)41-29(2,3)4)14-20-13-19(18-9-7-6-8-10-18)11-12-24(20)40-27-23(30)15-21(17-31-27)26-33-35-36-34-26/h6-13,15,17,22H,5,14,16H2,1-4H3,(H,32,38)(H,33,34,35,36). The fourth-order valence-corrected chi connectivity index (χ4v) is 3.99. The van der Waals surface area contributed by atoms with Crippen LogP contribution < -0.4 is 10.1 Å². The maximum atomic E-state index is 15.0. The van der Waals surface area contributed by atoms with Gasteiger partial charge >= 0.3 is 12.1 Å². The van der Waals surface area contributed by atoms with E-state index in [9.17, 15) is 9.59 Å². The van der Waals surface area contributed by atoms with E-state index in [-0.39, 0.29) is 31.2 Å². The molecular weight excluding hydrogens is 531 g/mol. The molecule has 0 saturated carbocycles. The predicted molar refractivity (Wildman–Crippen MR) is 147 cm³/mol. The number of aromatic nitrogens is 5. The number of pyridine rings is 1. The summed E-state index contributed by atoms with van der Waals surface area (Å²) in [6.07, 6.45) is 0.720. The van der Waals surface area contributed by atoms with E-state index in [1.807, 2.05) is 42.5 Å². The van der Waals surface area contributed by atoms with Crippen molar-refractivity contribution >= 4 is 12.1 Å². The van der Waals surface area contributed by atoms with Crippen LogP contribution in [0.1, 0.15) is 39.7 Å². The summed E-state index contributed by atoms with van der Waals surface area (Å²) in [5.74, 6) is -1.01. The zero-order valence-corrected chi connectivity index (χ0v) is 23.2. The molecule has 1 amide bonds. The van der Waals surface area contributed by atoms with E-state index in [0.29, 0.717) is 16.9 Å². The number of tetrazole rings is 1. The van der Waals surface area contributed by atoms with Crippen LogP contribution in [0.3, 0.4) is 0 Å². The highest BCUT2D eigenvalue weighted by Crippen LogP contribution is 2.32. The van der Waals surface area contributed by atoms with Gasteiger partial charge in [0.25, 0.3) is 5.88 Å². The Kier molecular flexibility index (Phi) is 9.23. The lowest BCUT2D eigenvalue weighted by Gasteiger charge is -2.24. The maximum Gasteiger partial charge on any atom is 0.407 e. The molecule has 0 aliphatic rings. The molecule has 12 heteroatoms. The number of carbonyl (C=O) groups excluding carboxylic acids is 2. The number of esters is 1. The number of rotatable bonds is 10. The van der Waals surface area contributed by atoms with Gasteiger partial charge in [-0.15, -0.1) is 10.2 Å². The Morgan fingerprint density at radius 3 is 2.49 bits per heavy atom. The summed E-state index contributed by atoms with van der Waals surface area (Å²) >= 11 is 0. The van der Waals surface area contributed by atoms with Crippen LogP contribution in [0.25, 0.3) is 22.5 Å². The molecule has 0 spiro atoms. The quantitative estimate of drug-likeness (QED) is 0.248. The molecule has 1 atom stereocenters. The van der Waals surface area contributed by atoms with Gasteiger partial charge in [0.1, 0.15) is 11.4 Å². The molecule has 0 aliphatic carbocycles. The molecule has 41 heavy (non-hydrogen) atoms. The second-order valence-corrected chi connectivity index (χ2v) is 10.1. The van der Waals surface area contributed by atoms with E-state index < -0.39 is 29.5 Å². The molecule has 0 radical (unpaired) electrons. The first-order chi connectivity index (χ1) is 19.6. The fraction of sp³-hybridized carbons (Fsp3) is 0.310. The molecule has 0 saturated heterocycles. The van der Waals surface area contributed by atoms with Gasteiger partial charge in [-0.2, -0.15) is 5.21 Å². The van der Waals surface area contributed by atoms with Crippen LogP contribution in [0.2, 0.25) is 0 Å². The van der Waals surface area contributed by atoms with Gasteiger partial charge in [0.05, 0.1) is 13.0 Å². The Bertz CT molecular complexity index is 1480. The first-order valence-corrected chi connectivity index (χ1v) is 13.0. The zero-order chi connectivity index (χ0) is 29.4. The van der Waals surface area contributed by atoms with Gasteiger partial charge in [0.2, 0.25) is 5.82 Å². The van der Waals surface area contributed by atoms with Crippen molar-refractivity contribution in [3.05, 3.63) is 72.2 Å². The van der Waals surface area contributed by atoms with Crippen molar-refractivity contribution < 1.29 is 28.2 Å². The number of ether oxygens (including phenoxy) is 3. The van der Waals surface area contributed by atoms with Gasteiger partial charge in [0.15, 0.2) is 5.82 Å². The van der Waals surface area contributed by atoms with E-state index >= 15 is 4.39 Å². The highest BCUT2D eigenvalue weighted by molar-refractivity contribution is 5.73. The lowest BCUT2D eigenvalue weighted by Crippen LogP contribution is -2.41. The molecule has 4 rings (SSSR count). The number of carbonyl (C=O) groups is 2. The van der Waals surface area contributed by atoms with Crippen LogP contribution in [0.15, 0.2) is 60.8 Å². The van der Waals surface area contributed by atoms with Gasteiger partial charge < -0.3 is 19.5 Å². The van der Waals surface area contributed by atoms with Crippen LogP contribution in [-0.4, -0.2) is 55.9 Å². The fourth-order valence-electron chi connectivity index (χ4n) is 3.99. The van der Waals surface area contributed by atoms with Crippen LogP contribution in [0, 0.1) is 5.82 Å². The molecule has 2 heterocycles. The summed E-state index contributed by atoms with van der Waals surface area (Å²) < 4.78 is 31.5. The number of halogens is 1. The zero-order valence-electron chi connectivity index (χ0n) is 23.2. The Labute approximate surface area is 236 Å². The second-order valence-electron chi connectivity index (χ2n) is 10.1. The molecule has 2 aromatic heterocycles. The molecule has 11 nitrogen and oxygen atoms in total. The number of alkyl carbamates (subject to hydrolysis) is 1. The lowest BCUT2D eigenvalue weighted by molar-refractivity contribution is -0.143. The monoisotopic (exact) mass is 562 g/mol. The Morgan fingerprint density at radius 2 is 1.83 bits per heavy atom. The van der Waals surface area contributed by atoms with Gasteiger partial charge in [0, 0.05) is 17.8 Å². The normalized spacial score (nSPS) is 11.9. The first-order valence-electron chi connectivity index (χ1n) is 13.0. The number of H-pyrrole nitrogens is 1. The SMILES string of the molecule is CCOC(=O)CC(Cc1cc(-c2ccccc2)ccc1Oc1ncc(-c2nn[nH]n2)cc1F)NC(=O)OC(C)(C)C. The van der Waals surface area contributed by atoms with Crippen molar-refractivity contribution in [1.29, 1.82) is 0 Å². The third kappa shape index (κ3) is 8.31. The minimum atomic E-state index is -0.739. The smallest absolute Gasteiger partial charge is 0.407 e. The summed E-state index contributed by atoms with van der Waals surface area (Å²) in [6.45, 7) is 7.13. The van der Waals surface area contributed by atoms with Gasteiger partial charge in [-0.05, 0) is 74.2 Å². The van der Waals surface area contributed by atoms with Crippen LogP contribution in [-0.2, 0) is 20.7 Å². The molecule has 0 aliphatic heterocycles. The van der Waals surface area contributed by atoms with E-state index in [1.165, 1.54) is 12.3 Å². The largest absolute Gasteiger partial charge is 0.466 e. The molecule has 214 valence electrons. The third-order valence-corrected chi connectivity index (χ3v) is 5.69. The van der Waals surface area contributed by atoms with Crippen LogP contribution in [0.5, 0.6) is 11.6 Å². The van der Waals surface area contributed by atoms with E-state index in [0.717, 1.165) is 11.1 Å². The number of benzene rings is 2. The molecule has 2 N–H and O–H groups in total. The second kappa shape index (κ2) is 13.0. The number of nitrogens with zero attached hydrogens (tertiary/aromatic N) is 4. The average molecular weight is 563 g/mol. The topological polar surface area (TPSA) is 141 Å². The summed E-state index contributed by atoms with van der Waals surface area (Å²) in [5.41, 5.74) is 1.98. The Balaban J connectivity index is 1.67. The predicted octanol–water partition coefficient (Wildman–Crippen LogP) is 5.25. The van der Waals surface area contributed by atoms with Crippen molar-refractivity contribution in [1.82, 2.24) is 30.9 Å². The molecule has 0 bridgehead atoms. The van der Waals surface area contributed by atoms with Crippen molar-refractivity contribution in [2.24, 2.45) is 0 Å². The van der Waals surface area contributed by atoms with Gasteiger partial charge in [-0.25, -0.2) is 14.2 Å². The van der Waals surface area contributed by atoms with Crippen molar-refractivity contribution in [3.63, 3.8) is 0 Å². The summed E-state index contributed by atoms with van der Waals surface area (Å²) in [6, 6.07) is 15.5. The Hall–Kier alpha value is -4.87. The maximum absolute atomic E-state index is 15.0. The van der Waals surface area contributed by atoms with Crippen LogP contribution in [0.4, 0.5) is 9.18 Å². The first kappa shape index (κ1) is 29.1. The summed E-state index contributed by atoms with van der Waals surface area (Å²) in [5, 5.41) is 16.2.